The molecule has 0 aromatic heterocycles. The third-order valence-electron chi connectivity index (χ3n) is 2.12. The van der Waals surface area contributed by atoms with Gasteiger partial charge in [-0.1, -0.05) is 20.3 Å². The fourth-order valence-corrected chi connectivity index (χ4v) is 0.988. The van der Waals surface area contributed by atoms with E-state index in [0.29, 0.717) is 18.9 Å². The van der Waals surface area contributed by atoms with E-state index in [2.05, 4.69) is 19.2 Å². The van der Waals surface area contributed by atoms with Gasteiger partial charge < -0.3 is 11.1 Å². The first-order valence-electron chi connectivity index (χ1n) is 5.17. The van der Waals surface area contributed by atoms with E-state index in [-0.39, 0.29) is 5.91 Å². The van der Waals surface area contributed by atoms with Gasteiger partial charge in [-0.2, -0.15) is 0 Å². The topological polar surface area (TPSA) is 55.1 Å². The molecule has 0 aliphatic heterocycles. The Kier molecular flexibility index (Phi) is 7.69. The summed E-state index contributed by atoms with van der Waals surface area (Å²) in [5, 5.41) is 2.88. The first-order chi connectivity index (χ1) is 6.20. The summed E-state index contributed by atoms with van der Waals surface area (Å²) in [5.41, 5.74) is 5.45. The molecule has 0 spiro atoms. The Hall–Kier alpha value is -0.570. The summed E-state index contributed by atoms with van der Waals surface area (Å²) in [4.78, 5) is 11.2. The summed E-state index contributed by atoms with van der Waals surface area (Å²) in [6.45, 7) is 5.66. The monoisotopic (exact) mass is 186 g/mol. The number of rotatable bonds is 7. The highest BCUT2D eigenvalue weighted by Crippen LogP contribution is 2.02. The molecule has 13 heavy (non-hydrogen) atoms. The zero-order valence-corrected chi connectivity index (χ0v) is 8.81. The van der Waals surface area contributed by atoms with Crippen LogP contribution >= 0.6 is 0 Å². The molecule has 0 bridgehead atoms. The van der Waals surface area contributed by atoms with Crippen molar-refractivity contribution in [3.63, 3.8) is 0 Å². The predicted octanol–water partition coefficient (Wildman–Crippen LogP) is 1.28. The van der Waals surface area contributed by atoms with E-state index < -0.39 is 0 Å². The molecule has 0 aromatic rings. The third-order valence-corrected chi connectivity index (χ3v) is 2.12. The van der Waals surface area contributed by atoms with Crippen LogP contribution < -0.4 is 11.1 Å². The van der Waals surface area contributed by atoms with Gasteiger partial charge in [-0.15, -0.1) is 0 Å². The maximum atomic E-state index is 11.2. The van der Waals surface area contributed by atoms with E-state index in [9.17, 15) is 4.79 Å². The molecule has 0 heterocycles. The molecule has 78 valence electrons. The fraction of sp³-hybridized carbons (Fsp3) is 0.900. The van der Waals surface area contributed by atoms with E-state index in [1.165, 1.54) is 0 Å². The molecule has 1 unspecified atom stereocenters. The normalized spacial score (nSPS) is 12.5. The standard InChI is InChI=1S/C10H22N2O/c1-3-4-7-12-10(13)6-5-9(2)8-11/h9H,3-8,11H2,1-2H3,(H,12,13). The number of carbonyl (C=O) groups is 1. The first-order valence-corrected chi connectivity index (χ1v) is 5.17. The SMILES string of the molecule is CCCCNC(=O)CCC(C)CN. The van der Waals surface area contributed by atoms with Crippen molar-refractivity contribution in [1.82, 2.24) is 5.32 Å². The van der Waals surface area contributed by atoms with Crippen molar-refractivity contribution >= 4 is 5.91 Å². The van der Waals surface area contributed by atoms with Gasteiger partial charge in [-0.3, -0.25) is 4.79 Å². The van der Waals surface area contributed by atoms with E-state index in [0.717, 1.165) is 25.8 Å². The smallest absolute Gasteiger partial charge is 0.220 e. The zero-order valence-electron chi connectivity index (χ0n) is 8.81. The maximum Gasteiger partial charge on any atom is 0.220 e. The highest BCUT2D eigenvalue weighted by molar-refractivity contribution is 5.75. The molecule has 3 nitrogen and oxygen atoms in total. The quantitative estimate of drug-likeness (QED) is 0.588. The minimum absolute atomic E-state index is 0.161. The van der Waals surface area contributed by atoms with Gasteiger partial charge in [0.1, 0.15) is 0 Å². The van der Waals surface area contributed by atoms with Crippen LogP contribution in [0.2, 0.25) is 0 Å². The van der Waals surface area contributed by atoms with Gasteiger partial charge in [0.25, 0.3) is 0 Å². The van der Waals surface area contributed by atoms with Crippen LogP contribution in [-0.2, 0) is 4.79 Å². The Balaban J connectivity index is 3.30. The third kappa shape index (κ3) is 7.78. The van der Waals surface area contributed by atoms with E-state index in [4.69, 9.17) is 5.73 Å². The number of hydrogen-bond acceptors (Lipinski definition) is 2. The van der Waals surface area contributed by atoms with Gasteiger partial charge in [0.15, 0.2) is 0 Å². The minimum Gasteiger partial charge on any atom is -0.356 e. The van der Waals surface area contributed by atoms with Crippen LogP contribution in [-0.4, -0.2) is 19.0 Å². The molecule has 1 atom stereocenters. The molecule has 1 amide bonds. The molecule has 0 aliphatic carbocycles. The van der Waals surface area contributed by atoms with Gasteiger partial charge in [0.2, 0.25) is 5.91 Å². The van der Waals surface area contributed by atoms with Crippen molar-refractivity contribution in [3.8, 4) is 0 Å². The Bertz CT molecular complexity index is 137. The average molecular weight is 186 g/mol. The van der Waals surface area contributed by atoms with Gasteiger partial charge in [-0.25, -0.2) is 0 Å². The lowest BCUT2D eigenvalue weighted by molar-refractivity contribution is -0.121. The lowest BCUT2D eigenvalue weighted by atomic mass is 10.1. The molecule has 0 fully saturated rings. The van der Waals surface area contributed by atoms with Crippen molar-refractivity contribution in [2.24, 2.45) is 11.7 Å². The highest BCUT2D eigenvalue weighted by atomic mass is 16.1. The first kappa shape index (κ1) is 12.4. The summed E-state index contributed by atoms with van der Waals surface area (Å²) in [6, 6.07) is 0. The Labute approximate surface area is 81.1 Å². The molecule has 0 rings (SSSR count). The Morgan fingerprint density at radius 3 is 2.77 bits per heavy atom. The largest absolute Gasteiger partial charge is 0.356 e. The number of carbonyl (C=O) groups excluding carboxylic acids is 1. The van der Waals surface area contributed by atoms with Crippen molar-refractivity contribution in [1.29, 1.82) is 0 Å². The summed E-state index contributed by atoms with van der Waals surface area (Å²) >= 11 is 0. The summed E-state index contributed by atoms with van der Waals surface area (Å²) in [7, 11) is 0. The summed E-state index contributed by atoms with van der Waals surface area (Å²) < 4.78 is 0. The second-order valence-electron chi connectivity index (χ2n) is 3.58. The number of nitrogens with one attached hydrogen (secondary N) is 1. The molecule has 0 radical (unpaired) electrons. The molecular formula is C10H22N2O. The zero-order chi connectivity index (χ0) is 10.1. The number of hydrogen-bond donors (Lipinski definition) is 2. The van der Waals surface area contributed by atoms with Crippen LogP contribution in [0.15, 0.2) is 0 Å². The second-order valence-corrected chi connectivity index (χ2v) is 3.58. The van der Waals surface area contributed by atoms with Gasteiger partial charge in [0, 0.05) is 13.0 Å². The van der Waals surface area contributed by atoms with Crippen LogP contribution in [0.3, 0.4) is 0 Å². The highest BCUT2D eigenvalue weighted by Gasteiger charge is 2.03. The second kappa shape index (κ2) is 8.05. The molecule has 0 saturated carbocycles. The fourth-order valence-electron chi connectivity index (χ4n) is 0.988. The summed E-state index contributed by atoms with van der Waals surface area (Å²) in [6.07, 6.45) is 3.70. The molecule has 0 saturated heterocycles. The Morgan fingerprint density at radius 1 is 1.54 bits per heavy atom. The maximum absolute atomic E-state index is 11.2. The summed E-state index contributed by atoms with van der Waals surface area (Å²) in [5.74, 6) is 0.616. The number of unbranched alkanes of at least 4 members (excludes halogenated alkanes) is 1. The van der Waals surface area contributed by atoms with Gasteiger partial charge in [-0.05, 0) is 25.3 Å². The molecule has 0 aliphatic rings. The van der Waals surface area contributed by atoms with Crippen LogP contribution in [0.4, 0.5) is 0 Å². The lowest BCUT2D eigenvalue weighted by Gasteiger charge is -2.07. The number of nitrogens with two attached hydrogens (primary N) is 1. The van der Waals surface area contributed by atoms with Gasteiger partial charge >= 0.3 is 0 Å². The van der Waals surface area contributed by atoms with Crippen LogP contribution in [0.25, 0.3) is 0 Å². The van der Waals surface area contributed by atoms with E-state index in [1.54, 1.807) is 0 Å². The minimum atomic E-state index is 0.161. The lowest BCUT2D eigenvalue weighted by Crippen LogP contribution is -2.25. The van der Waals surface area contributed by atoms with Crippen molar-refractivity contribution in [3.05, 3.63) is 0 Å². The van der Waals surface area contributed by atoms with E-state index >= 15 is 0 Å². The molecular weight excluding hydrogens is 164 g/mol. The van der Waals surface area contributed by atoms with Crippen LogP contribution in [0.5, 0.6) is 0 Å². The molecule has 3 N–H and O–H groups in total. The Morgan fingerprint density at radius 2 is 2.23 bits per heavy atom. The molecule has 3 heteroatoms. The molecule has 0 aromatic carbocycles. The van der Waals surface area contributed by atoms with Crippen molar-refractivity contribution in [2.75, 3.05) is 13.1 Å². The van der Waals surface area contributed by atoms with Crippen LogP contribution in [0, 0.1) is 5.92 Å². The van der Waals surface area contributed by atoms with Crippen LogP contribution in [0.1, 0.15) is 39.5 Å². The number of amides is 1. The van der Waals surface area contributed by atoms with Crippen molar-refractivity contribution in [2.45, 2.75) is 39.5 Å². The predicted molar refractivity (Wildman–Crippen MR) is 55.4 cm³/mol. The average Bonchev–Trinajstić information content (AvgIpc) is 2.14. The van der Waals surface area contributed by atoms with Crippen molar-refractivity contribution < 1.29 is 4.79 Å². The van der Waals surface area contributed by atoms with E-state index in [1.807, 2.05) is 0 Å². The van der Waals surface area contributed by atoms with Gasteiger partial charge in [0.05, 0.1) is 0 Å².